The number of nitro groups is 1. The van der Waals surface area contributed by atoms with Crippen molar-refractivity contribution in [3.05, 3.63) is 44.5 Å². The molecule has 0 aliphatic rings. The summed E-state index contributed by atoms with van der Waals surface area (Å²) in [7, 11) is 0. The number of benzene rings is 1. The SMILES string of the molecule is CCn1c(COc2ccc([N+](=O)[O-])cc2C)n[nH]c1=S. The van der Waals surface area contributed by atoms with Crippen LogP contribution in [0, 0.1) is 21.8 Å². The molecule has 1 N–H and O–H groups in total. The van der Waals surface area contributed by atoms with Gasteiger partial charge in [0.2, 0.25) is 0 Å². The Kier molecular flexibility index (Phi) is 4.14. The van der Waals surface area contributed by atoms with Crippen LogP contribution in [-0.4, -0.2) is 19.7 Å². The largest absolute Gasteiger partial charge is 0.485 e. The van der Waals surface area contributed by atoms with Crippen LogP contribution in [0.3, 0.4) is 0 Å². The van der Waals surface area contributed by atoms with E-state index in [-0.39, 0.29) is 12.3 Å². The fraction of sp³-hybridized carbons (Fsp3) is 0.333. The lowest BCUT2D eigenvalue weighted by atomic mass is 10.2. The highest BCUT2D eigenvalue weighted by Crippen LogP contribution is 2.23. The maximum atomic E-state index is 10.7. The van der Waals surface area contributed by atoms with Crippen LogP contribution < -0.4 is 4.74 Å². The van der Waals surface area contributed by atoms with Gasteiger partial charge in [-0.15, -0.1) is 0 Å². The van der Waals surface area contributed by atoms with Crippen LogP contribution in [0.25, 0.3) is 0 Å². The van der Waals surface area contributed by atoms with Gasteiger partial charge in [0.15, 0.2) is 10.6 Å². The van der Waals surface area contributed by atoms with Gasteiger partial charge in [-0.3, -0.25) is 15.2 Å². The second kappa shape index (κ2) is 5.83. The third-order valence-electron chi connectivity index (χ3n) is 2.88. The molecule has 0 saturated carbocycles. The highest BCUT2D eigenvalue weighted by molar-refractivity contribution is 7.71. The Morgan fingerprint density at radius 2 is 2.30 bits per heavy atom. The number of hydrogen-bond acceptors (Lipinski definition) is 5. The molecule has 0 bridgehead atoms. The molecular formula is C12H14N4O3S. The monoisotopic (exact) mass is 294 g/mol. The third-order valence-corrected chi connectivity index (χ3v) is 3.19. The quantitative estimate of drug-likeness (QED) is 0.520. The molecule has 20 heavy (non-hydrogen) atoms. The van der Waals surface area contributed by atoms with Crippen molar-refractivity contribution in [3.63, 3.8) is 0 Å². The van der Waals surface area contributed by atoms with Crippen LogP contribution in [0.5, 0.6) is 5.75 Å². The molecule has 8 heteroatoms. The smallest absolute Gasteiger partial charge is 0.269 e. The lowest BCUT2D eigenvalue weighted by Crippen LogP contribution is -2.06. The zero-order valence-electron chi connectivity index (χ0n) is 11.1. The fourth-order valence-electron chi connectivity index (χ4n) is 1.84. The standard InChI is InChI=1S/C12H14N4O3S/c1-3-15-11(13-14-12(15)20)7-19-10-5-4-9(16(17)18)6-8(10)2/h4-6H,3,7H2,1-2H3,(H,14,20). The van der Waals surface area contributed by atoms with Crippen molar-refractivity contribution in [1.82, 2.24) is 14.8 Å². The molecule has 106 valence electrons. The lowest BCUT2D eigenvalue weighted by molar-refractivity contribution is -0.384. The molecule has 2 rings (SSSR count). The maximum absolute atomic E-state index is 10.7. The molecule has 0 aliphatic carbocycles. The Labute approximate surface area is 120 Å². The molecule has 0 saturated heterocycles. The number of aromatic amines is 1. The summed E-state index contributed by atoms with van der Waals surface area (Å²) in [6.45, 7) is 4.68. The molecule has 0 spiro atoms. The number of nitrogens with one attached hydrogen (secondary N) is 1. The van der Waals surface area contributed by atoms with Gasteiger partial charge in [-0.25, -0.2) is 0 Å². The minimum atomic E-state index is -0.432. The lowest BCUT2D eigenvalue weighted by Gasteiger charge is -2.09. The van der Waals surface area contributed by atoms with Crippen LogP contribution in [0.15, 0.2) is 18.2 Å². The minimum absolute atomic E-state index is 0.0473. The molecule has 0 unspecified atom stereocenters. The van der Waals surface area contributed by atoms with Crippen LogP contribution >= 0.6 is 12.2 Å². The summed E-state index contributed by atoms with van der Waals surface area (Å²) < 4.78 is 8.02. The number of H-pyrrole nitrogens is 1. The molecule has 1 aromatic heterocycles. The van der Waals surface area contributed by atoms with E-state index in [0.29, 0.717) is 28.5 Å². The van der Waals surface area contributed by atoms with Crippen LogP contribution in [0.4, 0.5) is 5.69 Å². The predicted molar refractivity (Wildman–Crippen MR) is 75.3 cm³/mol. The van der Waals surface area contributed by atoms with E-state index in [9.17, 15) is 10.1 Å². The van der Waals surface area contributed by atoms with E-state index in [1.807, 2.05) is 11.5 Å². The zero-order chi connectivity index (χ0) is 14.7. The normalized spacial score (nSPS) is 10.5. The minimum Gasteiger partial charge on any atom is -0.485 e. The van der Waals surface area contributed by atoms with Gasteiger partial charge in [-0.2, -0.15) is 5.10 Å². The van der Waals surface area contributed by atoms with E-state index in [1.54, 1.807) is 13.0 Å². The number of aryl methyl sites for hydroxylation is 1. The van der Waals surface area contributed by atoms with Crippen LogP contribution in [0.2, 0.25) is 0 Å². The van der Waals surface area contributed by atoms with E-state index in [0.717, 1.165) is 0 Å². The van der Waals surface area contributed by atoms with Crippen molar-refractivity contribution in [2.24, 2.45) is 0 Å². The highest BCUT2D eigenvalue weighted by atomic mass is 32.1. The van der Waals surface area contributed by atoms with Crippen molar-refractivity contribution in [1.29, 1.82) is 0 Å². The first-order chi connectivity index (χ1) is 9.52. The first kappa shape index (κ1) is 14.2. The first-order valence-corrected chi connectivity index (χ1v) is 6.45. The summed E-state index contributed by atoms with van der Waals surface area (Å²) in [6.07, 6.45) is 0. The Morgan fingerprint density at radius 1 is 1.55 bits per heavy atom. The third kappa shape index (κ3) is 2.85. The van der Waals surface area contributed by atoms with Crippen molar-refractivity contribution in [3.8, 4) is 5.75 Å². The molecule has 0 fully saturated rings. The fourth-order valence-corrected chi connectivity index (χ4v) is 2.12. The molecule has 0 radical (unpaired) electrons. The molecule has 1 aromatic carbocycles. The first-order valence-electron chi connectivity index (χ1n) is 6.05. The van der Waals surface area contributed by atoms with E-state index in [1.165, 1.54) is 12.1 Å². The summed E-state index contributed by atoms with van der Waals surface area (Å²) in [5, 5.41) is 17.5. The Balaban J connectivity index is 2.15. The van der Waals surface area contributed by atoms with E-state index >= 15 is 0 Å². The van der Waals surface area contributed by atoms with E-state index < -0.39 is 4.92 Å². The average molecular weight is 294 g/mol. The van der Waals surface area contributed by atoms with Gasteiger partial charge in [0.1, 0.15) is 12.4 Å². The van der Waals surface area contributed by atoms with Crippen molar-refractivity contribution >= 4 is 17.9 Å². The van der Waals surface area contributed by atoms with Crippen LogP contribution in [0.1, 0.15) is 18.3 Å². The Morgan fingerprint density at radius 3 is 2.90 bits per heavy atom. The summed E-state index contributed by atoms with van der Waals surface area (Å²) >= 11 is 5.09. The Hall–Kier alpha value is -2.22. The number of ether oxygens (including phenoxy) is 1. The summed E-state index contributed by atoms with van der Waals surface area (Å²) in [4.78, 5) is 10.2. The molecule has 0 amide bonds. The van der Waals surface area contributed by atoms with Crippen LogP contribution in [-0.2, 0) is 13.2 Å². The van der Waals surface area contributed by atoms with Gasteiger partial charge in [0.05, 0.1) is 4.92 Å². The topological polar surface area (TPSA) is 86.0 Å². The second-order valence-corrected chi connectivity index (χ2v) is 4.57. The number of rotatable bonds is 5. The number of non-ortho nitro benzene ring substituents is 1. The van der Waals surface area contributed by atoms with Gasteiger partial charge in [-0.1, -0.05) is 0 Å². The average Bonchev–Trinajstić information content (AvgIpc) is 2.77. The number of hydrogen-bond donors (Lipinski definition) is 1. The van der Waals surface area contributed by atoms with Crippen molar-refractivity contribution in [2.45, 2.75) is 27.0 Å². The maximum Gasteiger partial charge on any atom is 0.269 e. The second-order valence-electron chi connectivity index (χ2n) is 4.18. The zero-order valence-corrected chi connectivity index (χ0v) is 11.9. The van der Waals surface area contributed by atoms with Crippen molar-refractivity contribution in [2.75, 3.05) is 0 Å². The molecule has 2 aromatic rings. The molecule has 1 heterocycles. The molecule has 7 nitrogen and oxygen atoms in total. The van der Waals surface area contributed by atoms with Gasteiger partial charge in [-0.05, 0) is 37.7 Å². The molecule has 0 aliphatic heterocycles. The Bertz CT molecular complexity index is 692. The van der Waals surface area contributed by atoms with Gasteiger partial charge < -0.3 is 9.30 Å². The molecular weight excluding hydrogens is 280 g/mol. The number of nitro benzene ring substituents is 1. The summed E-state index contributed by atoms with van der Waals surface area (Å²) in [5.41, 5.74) is 0.752. The highest BCUT2D eigenvalue weighted by Gasteiger charge is 2.10. The predicted octanol–water partition coefficient (Wildman–Crippen LogP) is 2.76. The van der Waals surface area contributed by atoms with E-state index in [4.69, 9.17) is 17.0 Å². The van der Waals surface area contributed by atoms with Gasteiger partial charge in [0, 0.05) is 18.7 Å². The molecule has 0 atom stereocenters. The number of aromatic nitrogens is 3. The van der Waals surface area contributed by atoms with Gasteiger partial charge in [0.25, 0.3) is 5.69 Å². The van der Waals surface area contributed by atoms with Crippen molar-refractivity contribution < 1.29 is 9.66 Å². The van der Waals surface area contributed by atoms with E-state index in [2.05, 4.69) is 10.2 Å². The van der Waals surface area contributed by atoms with Gasteiger partial charge >= 0.3 is 0 Å². The number of nitrogens with zero attached hydrogens (tertiary/aromatic N) is 3. The summed E-state index contributed by atoms with van der Waals surface area (Å²) in [5.74, 6) is 1.28. The summed E-state index contributed by atoms with van der Waals surface area (Å²) in [6, 6.07) is 4.48.